The third-order valence-electron chi connectivity index (χ3n) is 4.65. The van der Waals surface area contributed by atoms with Crippen LogP contribution in [0.1, 0.15) is 16.7 Å². The smallest absolute Gasteiger partial charge is 0.262 e. The molecule has 0 saturated heterocycles. The van der Waals surface area contributed by atoms with Gasteiger partial charge in [0.1, 0.15) is 5.75 Å². The average Bonchev–Trinajstić information content (AvgIpc) is 3.01. The highest BCUT2D eigenvalue weighted by Gasteiger charge is 2.16. The lowest BCUT2D eigenvalue weighted by atomic mass is 10.0. The molecule has 3 nitrogen and oxygen atoms in total. The molecule has 0 aromatic heterocycles. The van der Waals surface area contributed by atoms with Crippen molar-refractivity contribution in [2.45, 2.75) is 19.8 Å². The zero-order chi connectivity index (χ0) is 17.4. The highest BCUT2D eigenvalue weighted by atomic mass is 35.5. The summed E-state index contributed by atoms with van der Waals surface area (Å²) in [7, 11) is 0. The van der Waals surface area contributed by atoms with Gasteiger partial charge in [-0.1, -0.05) is 35.9 Å². The number of ether oxygens (including phenoxy) is 1. The maximum Gasteiger partial charge on any atom is 0.262 e. The number of hydrogen-bond acceptors (Lipinski definition) is 2. The number of hydrogen-bond donors (Lipinski definition) is 1. The molecule has 1 N–H and O–H groups in total. The molecule has 126 valence electrons. The van der Waals surface area contributed by atoms with Crippen LogP contribution in [0.2, 0.25) is 5.02 Å². The number of anilines is 1. The monoisotopic (exact) mass is 351 g/mol. The molecule has 0 heterocycles. The van der Waals surface area contributed by atoms with Gasteiger partial charge in [0.05, 0.1) is 0 Å². The van der Waals surface area contributed by atoms with Gasteiger partial charge in [0.2, 0.25) is 0 Å². The molecule has 1 amide bonds. The first-order chi connectivity index (χ1) is 12.1. The number of amides is 1. The second-order valence-corrected chi connectivity index (χ2v) is 6.80. The van der Waals surface area contributed by atoms with E-state index in [0.29, 0.717) is 10.8 Å². The van der Waals surface area contributed by atoms with Crippen LogP contribution in [-0.2, 0) is 17.6 Å². The molecule has 0 unspecified atom stereocenters. The Morgan fingerprint density at radius 1 is 1.12 bits per heavy atom. The predicted octanol–water partition coefficient (Wildman–Crippen LogP) is 4.92. The molecule has 0 spiro atoms. The molecule has 1 aliphatic carbocycles. The zero-order valence-corrected chi connectivity index (χ0v) is 14.7. The molecule has 4 rings (SSSR count). The van der Waals surface area contributed by atoms with Crippen LogP contribution in [0.5, 0.6) is 5.75 Å². The highest BCUT2D eigenvalue weighted by molar-refractivity contribution is 6.30. The summed E-state index contributed by atoms with van der Waals surface area (Å²) in [5.41, 5.74) is 4.46. The quantitative estimate of drug-likeness (QED) is 0.724. The Labute approximate surface area is 151 Å². The number of aryl methyl sites for hydroxylation is 3. The Kier molecular flexibility index (Phi) is 4.10. The Hall–Kier alpha value is -2.52. The second-order valence-electron chi connectivity index (χ2n) is 6.36. The van der Waals surface area contributed by atoms with E-state index in [0.717, 1.165) is 29.5 Å². The third kappa shape index (κ3) is 3.08. The summed E-state index contributed by atoms with van der Waals surface area (Å²) in [5.74, 6) is 0.494. The van der Waals surface area contributed by atoms with Gasteiger partial charge in [-0.2, -0.15) is 0 Å². The van der Waals surface area contributed by atoms with Crippen molar-refractivity contribution >= 4 is 34.0 Å². The zero-order valence-electron chi connectivity index (χ0n) is 13.9. The van der Waals surface area contributed by atoms with E-state index in [1.807, 2.05) is 19.1 Å². The summed E-state index contributed by atoms with van der Waals surface area (Å²) in [4.78, 5) is 12.3. The summed E-state index contributed by atoms with van der Waals surface area (Å²) in [6.45, 7) is 1.87. The largest absolute Gasteiger partial charge is 0.483 e. The first kappa shape index (κ1) is 16.0. The fourth-order valence-electron chi connectivity index (χ4n) is 3.46. The van der Waals surface area contributed by atoms with E-state index < -0.39 is 0 Å². The Balaban J connectivity index is 1.51. The first-order valence-electron chi connectivity index (χ1n) is 8.34. The summed E-state index contributed by atoms with van der Waals surface area (Å²) in [5, 5.41) is 6.02. The number of carbonyl (C=O) groups excluding carboxylic acids is 1. The van der Waals surface area contributed by atoms with Crippen molar-refractivity contribution in [3.63, 3.8) is 0 Å². The van der Waals surface area contributed by atoms with Gasteiger partial charge in [-0.25, -0.2) is 0 Å². The summed E-state index contributed by atoms with van der Waals surface area (Å²) in [6.07, 6.45) is 2.14. The van der Waals surface area contributed by atoms with Crippen LogP contribution in [0.15, 0.2) is 48.5 Å². The second kappa shape index (κ2) is 6.41. The molecular weight excluding hydrogens is 334 g/mol. The average molecular weight is 352 g/mol. The molecular formula is C21H18ClNO2. The van der Waals surface area contributed by atoms with Gasteiger partial charge in [-0.3, -0.25) is 4.79 Å². The van der Waals surface area contributed by atoms with E-state index >= 15 is 0 Å². The van der Waals surface area contributed by atoms with Crippen LogP contribution in [0.3, 0.4) is 0 Å². The highest BCUT2D eigenvalue weighted by Crippen LogP contribution is 2.35. The van der Waals surface area contributed by atoms with Crippen LogP contribution in [0.4, 0.5) is 5.69 Å². The molecule has 3 aromatic rings. The third-order valence-corrected chi connectivity index (χ3v) is 4.88. The molecule has 4 heteroatoms. The van der Waals surface area contributed by atoms with E-state index in [1.165, 1.54) is 16.5 Å². The van der Waals surface area contributed by atoms with Crippen molar-refractivity contribution in [3.05, 3.63) is 70.2 Å². The van der Waals surface area contributed by atoms with E-state index in [4.69, 9.17) is 16.3 Å². The number of nitrogens with one attached hydrogen (secondary N) is 1. The van der Waals surface area contributed by atoms with Gasteiger partial charge in [0.25, 0.3) is 5.91 Å². The molecule has 3 aromatic carbocycles. The minimum Gasteiger partial charge on any atom is -0.483 e. The van der Waals surface area contributed by atoms with Gasteiger partial charge >= 0.3 is 0 Å². The van der Waals surface area contributed by atoms with Crippen molar-refractivity contribution in [1.82, 2.24) is 0 Å². The lowest BCUT2D eigenvalue weighted by Gasteiger charge is -2.12. The standard InChI is InChI=1S/C21H18ClNO2/c1-13-11-16(22)8-10-19(13)25-12-20(24)23-18-9-7-15-6-5-14-3-2-4-17(18)21(14)15/h2-4,7-11H,5-6,12H2,1H3,(H,23,24). The van der Waals surface area contributed by atoms with Crippen molar-refractivity contribution in [2.24, 2.45) is 0 Å². The van der Waals surface area contributed by atoms with Gasteiger partial charge in [-0.15, -0.1) is 0 Å². The molecule has 0 saturated carbocycles. The molecule has 0 fully saturated rings. The van der Waals surface area contributed by atoms with Crippen molar-refractivity contribution in [3.8, 4) is 5.75 Å². The first-order valence-corrected chi connectivity index (χ1v) is 8.72. The molecule has 25 heavy (non-hydrogen) atoms. The van der Waals surface area contributed by atoms with Gasteiger partial charge in [0.15, 0.2) is 6.61 Å². The van der Waals surface area contributed by atoms with Crippen LogP contribution in [0.25, 0.3) is 10.8 Å². The Bertz CT molecular complexity index is 971. The van der Waals surface area contributed by atoms with Gasteiger partial charge < -0.3 is 10.1 Å². The van der Waals surface area contributed by atoms with E-state index in [9.17, 15) is 4.79 Å². The lowest BCUT2D eigenvalue weighted by Crippen LogP contribution is -2.20. The summed E-state index contributed by atoms with van der Waals surface area (Å²) in [6, 6.07) is 15.7. The topological polar surface area (TPSA) is 38.3 Å². The predicted molar refractivity (Wildman–Crippen MR) is 102 cm³/mol. The lowest BCUT2D eigenvalue weighted by molar-refractivity contribution is -0.118. The van der Waals surface area contributed by atoms with Crippen molar-refractivity contribution in [2.75, 3.05) is 11.9 Å². The number of carbonyl (C=O) groups is 1. The fraction of sp³-hybridized carbons (Fsp3) is 0.190. The fourth-order valence-corrected chi connectivity index (χ4v) is 3.69. The molecule has 0 atom stereocenters. The van der Waals surface area contributed by atoms with E-state index in [-0.39, 0.29) is 12.5 Å². The van der Waals surface area contributed by atoms with Crippen LogP contribution >= 0.6 is 11.6 Å². The molecule has 0 radical (unpaired) electrons. The number of benzene rings is 3. The molecule has 0 bridgehead atoms. The van der Waals surface area contributed by atoms with Crippen LogP contribution in [0, 0.1) is 6.92 Å². The van der Waals surface area contributed by atoms with E-state index in [2.05, 4.69) is 29.6 Å². The molecule has 0 aliphatic heterocycles. The van der Waals surface area contributed by atoms with Gasteiger partial charge in [0, 0.05) is 16.1 Å². The van der Waals surface area contributed by atoms with Crippen LogP contribution in [-0.4, -0.2) is 12.5 Å². The normalized spacial score (nSPS) is 12.4. The number of rotatable bonds is 4. The van der Waals surface area contributed by atoms with Crippen molar-refractivity contribution in [1.29, 1.82) is 0 Å². The van der Waals surface area contributed by atoms with Crippen LogP contribution < -0.4 is 10.1 Å². The van der Waals surface area contributed by atoms with E-state index in [1.54, 1.807) is 12.1 Å². The summed E-state index contributed by atoms with van der Waals surface area (Å²) < 4.78 is 5.63. The Morgan fingerprint density at radius 2 is 1.92 bits per heavy atom. The minimum atomic E-state index is -0.173. The minimum absolute atomic E-state index is 0.0363. The summed E-state index contributed by atoms with van der Waals surface area (Å²) >= 11 is 5.94. The maximum atomic E-state index is 12.3. The molecule has 1 aliphatic rings. The Morgan fingerprint density at radius 3 is 2.72 bits per heavy atom. The SMILES string of the molecule is Cc1cc(Cl)ccc1OCC(=O)Nc1ccc2c3c(cccc13)CC2. The van der Waals surface area contributed by atoms with Gasteiger partial charge in [-0.05, 0) is 66.1 Å². The maximum absolute atomic E-state index is 12.3. The number of halogens is 1. The van der Waals surface area contributed by atoms with Crippen molar-refractivity contribution < 1.29 is 9.53 Å².